The van der Waals surface area contributed by atoms with Crippen LogP contribution >= 0.6 is 15.9 Å². The van der Waals surface area contributed by atoms with Gasteiger partial charge in [0.1, 0.15) is 0 Å². The molecule has 1 unspecified atom stereocenters. The summed E-state index contributed by atoms with van der Waals surface area (Å²) >= 11 is 3.78. The predicted molar refractivity (Wildman–Crippen MR) is 80.2 cm³/mol. The van der Waals surface area contributed by atoms with E-state index in [0.29, 0.717) is 4.83 Å². The Morgan fingerprint density at radius 2 is 1.83 bits per heavy atom. The molecule has 0 spiro atoms. The van der Waals surface area contributed by atoms with Crippen LogP contribution in [0.25, 0.3) is 0 Å². The van der Waals surface area contributed by atoms with Crippen molar-refractivity contribution in [3.63, 3.8) is 0 Å². The molecule has 18 heavy (non-hydrogen) atoms. The summed E-state index contributed by atoms with van der Waals surface area (Å²) in [6.45, 7) is 2.18. The zero-order valence-electron chi connectivity index (χ0n) is 10.6. The minimum absolute atomic E-state index is 0.527. The molecule has 1 aromatic carbocycles. The largest absolute Gasteiger partial charge is 0.265 e. The second-order valence-electron chi connectivity index (χ2n) is 4.62. The number of aromatic nitrogens is 1. The van der Waals surface area contributed by atoms with Crippen LogP contribution in [0.2, 0.25) is 0 Å². The Kier molecular flexibility index (Phi) is 4.94. The van der Waals surface area contributed by atoms with Gasteiger partial charge in [-0.05, 0) is 55.0 Å². The van der Waals surface area contributed by atoms with E-state index in [1.54, 1.807) is 0 Å². The van der Waals surface area contributed by atoms with Crippen molar-refractivity contribution in [1.29, 1.82) is 0 Å². The van der Waals surface area contributed by atoms with E-state index < -0.39 is 0 Å². The standard InChI is InChI=1S/C16H18BrN/c1-13-4-2-3-5-15(13)6-7-16(17)12-14-8-10-18-11-9-14/h2-5,8-11,16H,6-7,12H2,1H3. The number of rotatable bonds is 5. The predicted octanol–water partition coefficient (Wildman–Crippen LogP) is 4.33. The molecule has 0 saturated heterocycles. The quantitative estimate of drug-likeness (QED) is 0.749. The van der Waals surface area contributed by atoms with Crippen LogP contribution in [0, 0.1) is 6.92 Å². The highest BCUT2D eigenvalue weighted by Crippen LogP contribution is 2.17. The molecule has 2 rings (SSSR count). The van der Waals surface area contributed by atoms with Crippen LogP contribution in [0.15, 0.2) is 48.8 Å². The topological polar surface area (TPSA) is 12.9 Å². The Morgan fingerprint density at radius 1 is 1.11 bits per heavy atom. The number of benzene rings is 1. The van der Waals surface area contributed by atoms with Gasteiger partial charge in [-0.25, -0.2) is 0 Å². The summed E-state index contributed by atoms with van der Waals surface area (Å²) in [5.41, 5.74) is 4.19. The summed E-state index contributed by atoms with van der Waals surface area (Å²) in [7, 11) is 0. The monoisotopic (exact) mass is 303 g/mol. The van der Waals surface area contributed by atoms with Crippen molar-refractivity contribution >= 4 is 15.9 Å². The van der Waals surface area contributed by atoms with E-state index in [-0.39, 0.29) is 0 Å². The lowest BCUT2D eigenvalue weighted by Gasteiger charge is -2.11. The molecule has 0 aliphatic carbocycles. The number of hydrogen-bond acceptors (Lipinski definition) is 1. The molecule has 2 heteroatoms. The Labute approximate surface area is 117 Å². The summed E-state index contributed by atoms with van der Waals surface area (Å²) in [5, 5.41) is 0. The summed E-state index contributed by atoms with van der Waals surface area (Å²) in [4.78, 5) is 4.57. The molecular formula is C16H18BrN. The third-order valence-electron chi connectivity index (χ3n) is 3.19. The van der Waals surface area contributed by atoms with Crippen molar-refractivity contribution in [2.45, 2.75) is 31.0 Å². The molecule has 2 aromatic rings. The molecule has 1 aromatic heterocycles. The number of pyridine rings is 1. The van der Waals surface area contributed by atoms with Gasteiger partial charge in [0.2, 0.25) is 0 Å². The molecule has 1 atom stereocenters. The highest BCUT2D eigenvalue weighted by atomic mass is 79.9. The van der Waals surface area contributed by atoms with Gasteiger partial charge in [-0.15, -0.1) is 0 Å². The number of nitrogens with zero attached hydrogens (tertiary/aromatic N) is 1. The minimum atomic E-state index is 0.527. The zero-order chi connectivity index (χ0) is 12.8. The van der Waals surface area contributed by atoms with Crippen LogP contribution in [0.5, 0.6) is 0 Å². The third-order valence-corrected chi connectivity index (χ3v) is 3.98. The van der Waals surface area contributed by atoms with Crippen molar-refractivity contribution in [2.24, 2.45) is 0 Å². The van der Waals surface area contributed by atoms with Crippen LogP contribution in [0.3, 0.4) is 0 Å². The molecule has 1 nitrogen and oxygen atoms in total. The van der Waals surface area contributed by atoms with Gasteiger partial charge in [-0.2, -0.15) is 0 Å². The highest BCUT2D eigenvalue weighted by molar-refractivity contribution is 9.09. The molecule has 0 aliphatic heterocycles. The molecule has 0 aliphatic rings. The molecule has 0 amide bonds. The summed E-state index contributed by atoms with van der Waals surface area (Å²) < 4.78 is 0. The van der Waals surface area contributed by atoms with E-state index in [1.807, 2.05) is 12.4 Å². The van der Waals surface area contributed by atoms with Crippen molar-refractivity contribution < 1.29 is 0 Å². The molecule has 1 heterocycles. The van der Waals surface area contributed by atoms with Crippen LogP contribution < -0.4 is 0 Å². The first kappa shape index (κ1) is 13.3. The zero-order valence-corrected chi connectivity index (χ0v) is 12.2. The Balaban J connectivity index is 1.86. The van der Waals surface area contributed by atoms with E-state index in [4.69, 9.17) is 0 Å². The first-order valence-electron chi connectivity index (χ1n) is 6.33. The molecule has 0 bridgehead atoms. The fourth-order valence-corrected chi connectivity index (χ4v) is 2.68. The Hall–Kier alpha value is -1.15. The molecule has 0 saturated carbocycles. The smallest absolute Gasteiger partial charge is 0.0270 e. The SMILES string of the molecule is Cc1ccccc1CCC(Br)Cc1ccncc1. The molecule has 94 valence electrons. The Morgan fingerprint density at radius 3 is 2.56 bits per heavy atom. The van der Waals surface area contributed by atoms with E-state index >= 15 is 0 Å². The van der Waals surface area contributed by atoms with Crippen LogP contribution in [0.1, 0.15) is 23.1 Å². The van der Waals surface area contributed by atoms with E-state index in [2.05, 4.69) is 64.2 Å². The molecule has 0 radical (unpaired) electrons. The molecule has 0 fully saturated rings. The molecular weight excluding hydrogens is 286 g/mol. The Bertz CT molecular complexity index is 481. The fourth-order valence-electron chi connectivity index (χ4n) is 2.08. The molecule has 0 N–H and O–H groups in total. The van der Waals surface area contributed by atoms with E-state index in [1.165, 1.54) is 16.7 Å². The van der Waals surface area contributed by atoms with Crippen molar-refractivity contribution in [3.8, 4) is 0 Å². The third kappa shape index (κ3) is 3.95. The number of halogens is 1. The van der Waals surface area contributed by atoms with Crippen LogP contribution in [-0.2, 0) is 12.8 Å². The van der Waals surface area contributed by atoms with Crippen LogP contribution in [0.4, 0.5) is 0 Å². The van der Waals surface area contributed by atoms with Crippen molar-refractivity contribution in [2.75, 3.05) is 0 Å². The van der Waals surface area contributed by atoms with Gasteiger partial charge in [-0.3, -0.25) is 4.98 Å². The van der Waals surface area contributed by atoms with Gasteiger partial charge in [0.05, 0.1) is 0 Å². The number of aryl methyl sites for hydroxylation is 2. The normalized spacial score (nSPS) is 12.3. The fraction of sp³-hybridized carbons (Fsp3) is 0.312. The average Bonchev–Trinajstić information content (AvgIpc) is 2.39. The highest BCUT2D eigenvalue weighted by Gasteiger charge is 2.06. The van der Waals surface area contributed by atoms with E-state index in [9.17, 15) is 0 Å². The second-order valence-corrected chi connectivity index (χ2v) is 5.92. The van der Waals surface area contributed by atoms with Gasteiger partial charge in [-0.1, -0.05) is 40.2 Å². The van der Waals surface area contributed by atoms with Crippen molar-refractivity contribution in [3.05, 3.63) is 65.5 Å². The lowest BCUT2D eigenvalue weighted by atomic mass is 10.0. The van der Waals surface area contributed by atoms with Gasteiger partial charge < -0.3 is 0 Å². The van der Waals surface area contributed by atoms with Gasteiger partial charge in [0, 0.05) is 17.2 Å². The number of hydrogen-bond donors (Lipinski definition) is 0. The first-order chi connectivity index (χ1) is 8.75. The lowest BCUT2D eigenvalue weighted by molar-refractivity contribution is 0.760. The maximum atomic E-state index is 4.04. The minimum Gasteiger partial charge on any atom is -0.265 e. The van der Waals surface area contributed by atoms with Crippen molar-refractivity contribution in [1.82, 2.24) is 4.98 Å². The second kappa shape index (κ2) is 6.69. The summed E-state index contributed by atoms with van der Waals surface area (Å²) in [6.07, 6.45) is 7.07. The first-order valence-corrected chi connectivity index (χ1v) is 7.25. The number of alkyl halides is 1. The lowest BCUT2D eigenvalue weighted by Crippen LogP contribution is -2.05. The maximum Gasteiger partial charge on any atom is 0.0270 e. The average molecular weight is 304 g/mol. The summed E-state index contributed by atoms with van der Waals surface area (Å²) in [5.74, 6) is 0. The van der Waals surface area contributed by atoms with Gasteiger partial charge in [0.15, 0.2) is 0 Å². The summed E-state index contributed by atoms with van der Waals surface area (Å²) in [6, 6.07) is 12.8. The van der Waals surface area contributed by atoms with Gasteiger partial charge in [0.25, 0.3) is 0 Å². The maximum absolute atomic E-state index is 4.04. The van der Waals surface area contributed by atoms with E-state index in [0.717, 1.165) is 19.3 Å². The van der Waals surface area contributed by atoms with Crippen LogP contribution in [-0.4, -0.2) is 9.81 Å². The van der Waals surface area contributed by atoms with Gasteiger partial charge >= 0.3 is 0 Å².